The Labute approximate surface area is 215 Å². The fraction of sp³-hybridized carbons (Fsp3) is 0.259. The topological polar surface area (TPSA) is 81.0 Å². The van der Waals surface area contributed by atoms with Crippen LogP contribution in [0.5, 0.6) is 0 Å². The normalized spacial score (nSPS) is 12.6. The zero-order valence-corrected chi connectivity index (χ0v) is 22.1. The molecule has 0 fully saturated rings. The molecule has 9 heteroatoms. The number of thiazole rings is 1. The Morgan fingerprint density at radius 1 is 1.00 bits per heavy atom. The lowest BCUT2D eigenvalue weighted by atomic mass is 10.2. The van der Waals surface area contributed by atoms with Crippen LogP contribution < -0.4 is 4.80 Å². The van der Waals surface area contributed by atoms with Gasteiger partial charge in [-0.25, -0.2) is 8.42 Å². The van der Waals surface area contributed by atoms with Crippen molar-refractivity contribution < 1.29 is 17.9 Å². The number of rotatable bonds is 9. The molecule has 3 aromatic carbocycles. The summed E-state index contributed by atoms with van der Waals surface area (Å²) in [6.07, 6.45) is 0. The van der Waals surface area contributed by atoms with E-state index in [2.05, 4.69) is 4.99 Å². The second-order valence-electron chi connectivity index (χ2n) is 8.57. The second kappa shape index (κ2) is 11.3. The van der Waals surface area contributed by atoms with Crippen molar-refractivity contribution in [2.45, 2.75) is 37.9 Å². The number of para-hydroxylation sites is 1. The summed E-state index contributed by atoms with van der Waals surface area (Å²) in [5, 5.41) is 0. The van der Waals surface area contributed by atoms with E-state index in [1.165, 1.54) is 39.9 Å². The third-order valence-electron chi connectivity index (χ3n) is 5.77. The number of hydrogen-bond acceptors (Lipinski definition) is 5. The smallest absolute Gasteiger partial charge is 0.279 e. The van der Waals surface area contributed by atoms with Crippen molar-refractivity contribution in [3.05, 3.63) is 94.8 Å². The van der Waals surface area contributed by atoms with E-state index in [4.69, 9.17) is 4.74 Å². The lowest BCUT2D eigenvalue weighted by Crippen LogP contribution is -2.36. The van der Waals surface area contributed by atoms with Crippen LogP contribution in [0.4, 0.5) is 0 Å². The number of benzene rings is 3. The molecule has 0 aliphatic heterocycles. The maximum absolute atomic E-state index is 13.4. The molecule has 4 aromatic rings. The van der Waals surface area contributed by atoms with Crippen LogP contribution >= 0.6 is 11.3 Å². The van der Waals surface area contributed by atoms with Crippen molar-refractivity contribution in [1.29, 1.82) is 0 Å². The van der Waals surface area contributed by atoms with E-state index in [0.29, 0.717) is 23.5 Å². The predicted octanol–water partition coefficient (Wildman–Crippen LogP) is 4.69. The van der Waals surface area contributed by atoms with Crippen molar-refractivity contribution in [3.8, 4) is 0 Å². The number of sulfonamides is 1. The molecule has 1 amide bonds. The Morgan fingerprint density at radius 3 is 2.33 bits per heavy atom. The monoisotopic (exact) mass is 523 g/mol. The first-order valence-corrected chi connectivity index (χ1v) is 13.9. The van der Waals surface area contributed by atoms with Crippen molar-refractivity contribution in [1.82, 2.24) is 8.87 Å². The highest BCUT2D eigenvalue weighted by molar-refractivity contribution is 7.89. The van der Waals surface area contributed by atoms with Crippen LogP contribution in [0.3, 0.4) is 0 Å². The van der Waals surface area contributed by atoms with E-state index >= 15 is 0 Å². The third kappa shape index (κ3) is 5.65. The van der Waals surface area contributed by atoms with Gasteiger partial charge in [-0.1, -0.05) is 53.8 Å². The lowest BCUT2D eigenvalue weighted by molar-refractivity contribution is 0.0997. The van der Waals surface area contributed by atoms with Crippen molar-refractivity contribution >= 4 is 37.5 Å². The molecule has 0 aliphatic carbocycles. The molecule has 0 aliphatic rings. The zero-order chi connectivity index (χ0) is 25.7. The van der Waals surface area contributed by atoms with Gasteiger partial charge in [0, 0.05) is 31.8 Å². The summed E-state index contributed by atoms with van der Waals surface area (Å²) >= 11 is 1.43. The van der Waals surface area contributed by atoms with E-state index in [9.17, 15) is 13.2 Å². The number of nitrogens with zero attached hydrogens (tertiary/aromatic N) is 3. The number of carbonyl (C=O) groups is 1. The fourth-order valence-corrected chi connectivity index (χ4v) is 6.55. The van der Waals surface area contributed by atoms with Gasteiger partial charge < -0.3 is 9.30 Å². The molecule has 0 bridgehead atoms. The largest absolute Gasteiger partial charge is 0.383 e. The van der Waals surface area contributed by atoms with E-state index in [1.807, 2.05) is 73.0 Å². The molecule has 0 atom stereocenters. The number of methoxy groups -OCH3 is 1. The number of ether oxygens (including phenoxy) is 1. The molecule has 4 rings (SSSR count). The average molecular weight is 524 g/mol. The molecule has 0 spiro atoms. The van der Waals surface area contributed by atoms with Crippen LogP contribution in [0.2, 0.25) is 0 Å². The van der Waals surface area contributed by atoms with Crippen LogP contribution in [0.25, 0.3) is 10.2 Å². The fourth-order valence-electron chi connectivity index (χ4n) is 3.87. The Hall–Kier alpha value is -3.11. The Morgan fingerprint density at radius 2 is 1.67 bits per heavy atom. The minimum atomic E-state index is -3.76. The van der Waals surface area contributed by atoms with Gasteiger partial charge in [-0.2, -0.15) is 9.30 Å². The summed E-state index contributed by atoms with van der Waals surface area (Å²) in [5.74, 6) is -0.429. The summed E-state index contributed by atoms with van der Waals surface area (Å²) in [6, 6.07) is 23.1. The van der Waals surface area contributed by atoms with E-state index in [1.54, 1.807) is 7.11 Å². The first kappa shape index (κ1) is 26.0. The van der Waals surface area contributed by atoms with Gasteiger partial charge in [0.05, 0.1) is 21.7 Å². The van der Waals surface area contributed by atoms with Crippen molar-refractivity contribution in [2.75, 3.05) is 13.7 Å². The highest BCUT2D eigenvalue weighted by Gasteiger charge is 2.27. The van der Waals surface area contributed by atoms with Crippen LogP contribution in [0, 0.1) is 0 Å². The number of fused-ring (bicyclic) bond motifs is 1. The first-order chi connectivity index (χ1) is 17.3. The third-order valence-corrected chi connectivity index (χ3v) is 8.86. The van der Waals surface area contributed by atoms with E-state index in [0.717, 1.165) is 15.8 Å². The summed E-state index contributed by atoms with van der Waals surface area (Å²) in [7, 11) is -2.13. The van der Waals surface area contributed by atoms with Gasteiger partial charge in [-0.05, 0) is 55.8 Å². The minimum absolute atomic E-state index is 0.140. The average Bonchev–Trinajstić information content (AvgIpc) is 3.23. The van der Waals surface area contributed by atoms with Crippen LogP contribution in [-0.2, 0) is 27.8 Å². The molecule has 0 unspecified atom stereocenters. The molecule has 0 saturated carbocycles. The molecule has 36 heavy (non-hydrogen) atoms. The molecule has 1 heterocycles. The van der Waals surface area contributed by atoms with Gasteiger partial charge in [-0.3, -0.25) is 4.79 Å². The maximum atomic E-state index is 13.4. The van der Waals surface area contributed by atoms with Crippen LogP contribution in [0.15, 0.2) is 88.8 Å². The molecule has 7 nitrogen and oxygen atoms in total. The summed E-state index contributed by atoms with van der Waals surface area (Å²) in [6.45, 7) is 5.02. The van der Waals surface area contributed by atoms with Crippen molar-refractivity contribution in [3.63, 3.8) is 0 Å². The number of aromatic nitrogens is 1. The Kier molecular flexibility index (Phi) is 8.15. The van der Waals surface area contributed by atoms with Gasteiger partial charge in [0.25, 0.3) is 5.91 Å². The van der Waals surface area contributed by atoms with Gasteiger partial charge in [0.15, 0.2) is 4.80 Å². The van der Waals surface area contributed by atoms with Gasteiger partial charge in [0.1, 0.15) is 0 Å². The van der Waals surface area contributed by atoms with E-state index in [-0.39, 0.29) is 17.5 Å². The number of hydrogen-bond donors (Lipinski definition) is 0. The molecule has 188 valence electrons. The maximum Gasteiger partial charge on any atom is 0.279 e. The Balaban J connectivity index is 1.62. The molecule has 0 N–H and O–H groups in total. The van der Waals surface area contributed by atoms with Crippen molar-refractivity contribution in [2.24, 2.45) is 4.99 Å². The first-order valence-electron chi connectivity index (χ1n) is 11.6. The van der Waals surface area contributed by atoms with Gasteiger partial charge in [-0.15, -0.1) is 0 Å². The zero-order valence-electron chi connectivity index (χ0n) is 20.5. The summed E-state index contributed by atoms with van der Waals surface area (Å²) in [4.78, 5) is 18.1. The highest BCUT2D eigenvalue weighted by Crippen LogP contribution is 2.22. The molecule has 0 radical (unpaired) electrons. The number of amides is 1. The quantitative estimate of drug-likeness (QED) is 0.319. The number of carbonyl (C=O) groups excluding carboxylic acids is 1. The molecule has 0 saturated heterocycles. The highest BCUT2D eigenvalue weighted by atomic mass is 32.2. The Bertz CT molecular complexity index is 1510. The summed E-state index contributed by atoms with van der Waals surface area (Å²) < 4.78 is 36.5. The summed E-state index contributed by atoms with van der Waals surface area (Å²) in [5.41, 5.74) is 2.22. The van der Waals surface area contributed by atoms with Gasteiger partial charge >= 0.3 is 0 Å². The lowest BCUT2D eigenvalue weighted by Gasteiger charge is -2.26. The van der Waals surface area contributed by atoms with Gasteiger partial charge in [0.2, 0.25) is 10.0 Å². The van der Waals surface area contributed by atoms with Crippen LogP contribution in [-0.4, -0.2) is 43.0 Å². The SMILES string of the molecule is COCCn1c(=NC(=O)c2ccc(S(=O)(=O)N(Cc3ccccc3)C(C)C)cc2)sc2ccccc21. The minimum Gasteiger partial charge on any atom is -0.383 e. The molecular formula is C27H29N3O4S2. The van der Waals surface area contributed by atoms with Crippen LogP contribution in [0.1, 0.15) is 29.8 Å². The van der Waals surface area contributed by atoms with E-state index < -0.39 is 15.9 Å². The predicted molar refractivity (Wildman–Crippen MR) is 142 cm³/mol. The second-order valence-corrected chi connectivity index (χ2v) is 11.5. The molecular weight excluding hydrogens is 494 g/mol. The molecule has 1 aromatic heterocycles. The standard InChI is InChI=1S/C27H29N3O4S2/c1-20(2)30(19-21-9-5-4-6-10-21)36(32,33)23-15-13-22(14-16-23)26(31)28-27-29(17-18-34-3)24-11-7-8-12-25(24)35-27/h4-16,20H,17-19H2,1-3H3.